The number of benzene rings is 1. The molecular formula is C19H31ClN2O2. The zero-order valence-electron chi connectivity index (χ0n) is 15.1. The Bertz CT molecular complexity index is 502. The molecule has 0 bridgehead atoms. The molecule has 1 aromatic rings. The van der Waals surface area contributed by atoms with Crippen molar-refractivity contribution in [1.82, 2.24) is 10.2 Å². The fourth-order valence-corrected chi connectivity index (χ4v) is 3.16. The van der Waals surface area contributed by atoms with Gasteiger partial charge in [-0.2, -0.15) is 0 Å². The van der Waals surface area contributed by atoms with Crippen LogP contribution in [0.3, 0.4) is 0 Å². The van der Waals surface area contributed by atoms with Gasteiger partial charge in [0.2, 0.25) is 0 Å². The average molecular weight is 355 g/mol. The molecule has 1 atom stereocenters. The number of rotatable bonds is 7. The van der Waals surface area contributed by atoms with Gasteiger partial charge in [-0.15, -0.1) is 12.4 Å². The minimum atomic E-state index is -0.370. The third-order valence-corrected chi connectivity index (χ3v) is 4.64. The molecule has 2 rings (SSSR count). The maximum absolute atomic E-state index is 12.7. The van der Waals surface area contributed by atoms with E-state index in [2.05, 4.69) is 5.32 Å². The first-order valence-corrected chi connectivity index (χ1v) is 8.80. The lowest BCUT2D eigenvalue weighted by atomic mass is 9.93. The molecule has 1 N–H and O–H groups in total. The highest BCUT2D eigenvalue weighted by Crippen LogP contribution is 2.22. The molecule has 0 saturated carbocycles. The highest BCUT2D eigenvalue weighted by molar-refractivity contribution is 5.85. The number of aryl methyl sites for hydroxylation is 1. The Morgan fingerprint density at radius 1 is 1.38 bits per heavy atom. The van der Waals surface area contributed by atoms with E-state index in [9.17, 15) is 4.79 Å². The summed E-state index contributed by atoms with van der Waals surface area (Å²) in [6.45, 7) is 6.83. The van der Waals surface area contributed by atoms with Crippen LogP contribution in [-0.4, -0.2) is 43.6 Å². The van der Waals surface area contributed by atoms with Crippen molar-refractivity contribution in [3.05, 3.63) is 29.8 Å². The van der Waals surface area contributed by atoms with E-state index in [0.29, 0.717) is 6.42 Å². The lowest BCUT2D eigenvalue weighted by molar-refractivity contribution is -0.140. The Balaban J connectivity index is 0.00000288. The normalized spacial score (nSPS) is 16.4. The van der Waals surface area contributed by atoms with Crippen LogP contribution in [0.25, 0.3) is 0 Å². The predicted molar refractivity (Wildman–Crippen MR) is 101 cm³/mol. The molecule has 1 unspecified atom stereocenters. The summed E-state index contributed by atoms with van der Waals surface area (Å²) < 4.78 is 5.95. The number of amides is 1. The standard InChI is InChI=1S/C19H30N2O2.ClH/c1-4-18(23-17-7-5-6-15(2)14-17)19(22)21-12-9-16(10-13-21)8-11-20-3;/h5-7,14,16,18,20H,4,8-13H2,1-3H3;1H. The van der Waals surface area contributed by atoms with Crippen LogP contribution < -0.4 is 10.1 Å². The Labute approximate surface area is 152 Å². The number of ether oxygens (including phenoxy) is 1. The molecule has 0 aromatic heterocycles. The molecule has 136 valence electrons. The minimum Gasteiger partial charge on any atom is -0.481 e. The number of carbonyl (C=O) groups is 1. The monoisotopic (exact) mass is 354 g/mol. The van der Waals surface area contributed by atoms with Crippen LogP contribution in [0.1, 0.15) is 38.2 Å². The molecule has 0 aliphatic carbocycles. The van der Waals surface area contributed by atoms with Gasteiger partial charge in [-0.05, 0) is 69.8 Å². The Hall–Kier alpha value is -1.26. The summed E-state index contributed by atoms with van der Waals surface area (Å²) in [5.74, 6) is 1.67. The molecule has 1 fully saturated rings. The SMILES string of the molecule is CCC(Oc1cccc(C)c1)C(=O)N1CCC(CCNC)CC1.Cl. The van der Waals surface area contributed by atoms with Crippen molar-refractivity contribution in [1.29, 1.82) is 0 Å². The molecule has 24 heavy (non-hydrogen) atoms. The van der Waals surface area contributed by atoms with Gasteiger partial charge in [0.1, 0.15) is 5.75 Å². The molecule has 1 aromatic carbocycles. The lowest BCUT2D eigenvalue weighted by Crippen LogP contribution is -2.45. The number of carbonyl (C=O) groups excluding carboxylic acids is 1. The summed E-state index contributed by atoms with van der Waals surface area (Å²) >= 11 is 0. The maximum atomic E-state index is 12.7. The molecular weight excluding hydrogens is 324 g/mol. The van der Waals surface area contributed by atoms with Gasteiger partial charge < -0.3 is 15.0 Å². The fourth-order valence-electron chi connectivity index (χ4n) is 3.16. The number of hydrogen-bond donors (Lipinski definition) is 1. The van der Waals surface area contributed by atoms with E-state index in [-0.39, 0.29) is 24.4 Å². The van der Waals surface area contributed by atoms with Crippen molar-refractivity contribution in [2.24, 2.45) is 5.92 Å². The van der Waals surface area contributed by atoms with Gasteiger partial charge in [0, 0.05) is 13.1 Å². The molecule has 4 nitrogen and oxygen atoms in total. The van der Waals surface area contributed by atoms with Crippen molar-refractivity contribution in [2.75, 3.05) is 26.7 Å². The van der Waals surface area contributed by atoms with E-state index in [0.717, 1.165) is 49.7 Å². The van der Waals surface area contributed by atoms with Gasteiger partial charge in [-0.3, -0.25) is 4.79 Å². The van der Waals surface area contributed by atoms with E-state index in [1.807, 2.05) is 50.1 Å². The largest absolute Gasteiger partial charge is 0.481 e. The minimum absolute atomic E-state index is 0. The Kier molecular flexibility index (Phi) is 9.16. The summed E-state index contributed by atoms with van der Waals surface area (Å²) in [5.41, 5.74) is 1.15. The van der Waals surface area contributed by atoms with Crippen molar-refractivity contribution in [2.45, 2.75) is 45.6 Å². The topological polar surface area (TPSA) is 41.6 Å². The first-order valence-electron chi connectivity index (χ1n) is 8.80. The molecule has 0 spiro atoms. The second-order valence-electron chi connectivity index (χ2n) is 6.49. The maximum Gasteiger partial charge on any atom is 0.263 e. The van der Waals surface area contributed by atoms with Crippen molar-refractivity contribution in [3.63, 3.8) is 0 Å². The summed E-state index contributed by atoms with van der Waals surface area (Å²) in [5, 5.41) is 3.21. The molecule has 1 saturated heterocycles. The second-order valence-corrected chi connectivity index (χ2v) is 6.49. The van der Waals surface area contributed by atoms with Gasteiger partial charge in [-0.1, -0.05) is 19.1 Å². The third kappa shape index (κ3) is 5.99. The van der Waals surface area contributed by atoms with Crippen LogP contribution in [0.4, 0.5) is 0 Å². The van der Waals surface area contributed by atoms with Crippen LogP contribution in [-0.2, 0) is 4.79 Å². The van der Waals surface area contributed by atoms with Crippen molar-refractivity contribution >= 4 is 18.3 Å². The van der Waals surface area contributed by atoms with Crippen LogP contribution >= 0.6 is 12.4 Å². The number of nitrogens with zero attached hydrogens (tertiary/aromatic N) is 1. The number of likely N-dealkylation sites (tertiary alicyclic amines) is 1. The highest BCUT2D eigenvalue weighted by Gasteiger charge is 2.28. The Morgan fingerprint density at radius 2 is 2.08 bits per heavy atom. The fraction of sp³-hybridized carbons (Fsp3) is 0.632. The Morgan fingerprint density at radius 3 is 2.67 bits per heavy atom. The zero-order valence-corrected chi connectivity index (χ0v) is 15.9. The van der Waals surface area contributed by atoms with Gasteiger partial charge in [0.15, 0.2) is 6.10 Å². The van der Waals surface area contributed by atoms with E-state index < -0.39 is 0 Å². The van der Waals surface area contributed by atoms with Gasteiger partial charge in [0.05, 0.1) is 0 Å². The van der Waals surface area contributed by atoms with Gasteiger partial charge >= 0.3 is 0 Å². The summed E-state index contributed by atoms with van der Waals surface area (Å²) in [4.78, 5) is 14.7. The first kappa shape index (κ1) is 20.8. The molecule has 1 aliphatic heterocycles. The quantitative estimate of drug-likeness (QED) is 0.815. The van der Waals surface area contributed by atoms with E-state index in [4.69, 9.17) is 4.74 Å². The predicted octanol–water partition coefficient (Wildman–Crippen LogP) is 3.42. The van der Waals surface area contributed by atoms with E-state index in [1.54, 1.807) is 0 Å². The van der Waals surface area contributed by atoms with E-state index in [1.165, 1.54) is 6.42 Å². The van der Waals surface area contributed by atoms with Crippen molar-refractivity contribution in [3.8, 4) is 5.75 Å². The number of piperidine rings is 1. The summed E-state index contributed by atoms with van der Waals surface area (Å²) in [6, 6.07) is 7.91. The number of hydrogen-bond acceptors (Lipinski definition) is 3. The second kappa shape index (κ2) is 10.6. The first-order chi connectivity index (χ1) is 11.1. The molecule has 1 heterocycles. The number of nitrogens with one attached hydrogen (secondary N) is 1. The highest BCUT2D eigenvalue weighted by atomic mass is 35.5. The molecule has 1 amide bonds. The van der Waals surface area contributed by atoms with Gasteiger partial charge in [0.25, 0.3) is 5.91 Å². The molecule has 1 aliphatic rings. The molecule has 5 heteroatoms. The van der Waals surface area contributed by atoms with Gasteiger partial charge in [-0.25, -0.2) is 0 Å². The van der Waals surface area contributed by atoms with E-state index >= 15 is 0 Å². The smallest absolute Gasteiger partial charge is 0.263 e. The zero-order chi connectivity index (χ0) is 16.7. The summed E-state index contributed by atoms with van der Waals surface area (Å²) in [7, 11) is 1.99. The average Bonchev–Trinajstić information content (AvgIpc) is 2.58. The van der Waals surface area contributed by atoms with Crippen molar-refractivity contribution < 1.29 is 9.53 Å². The van der Waals surface area contributed by atoms with Crippen LogP contribution in [0.2, 0.25) is 0 Å². The molecule has 0 radical (unpaired) electrons. The van der Waals surface area contributed by atoms with Crippen LogP contribution in [0, 0.1) is 12.8 Å². The third-order valence-electron chi connectivity index (χ3n) is 4.64. The summed E-state index contributed by atoms with van der Waals surface area (Å²) in [6.07, 6.45) is 3.75. The van der Waals surface area contributed by atoms with Crippen LogP contribution in [0.5, 0.6) is 5.75 Å². The van der Waals surface area contributed by atoms with Crippen LogP contribution in [0.15, 0.2) is 24.3 Å². The lowest BCUT2D eigenvalue weighted by Gasteiger charge is -2.34. The number of halogens is 1.